The quantitative estimate of drug-likeness (QED) is 0.636. The zero-order valence-electron chi connectivity index (χ0n) is 7.16. The Hall–Kier alpha value is -0.0800. The third-order valence-corrected chi connectivity index (χ3v) is 2.61. The van der Waals surface area contributed by atoms with Crippen LogP contribution in [0.4, 0.5) is 0 Å². The first-order valence-corrected chi connectivity index (χ1v) is 4.61. The molecule has 0 aromatic carbocycles. The molecule has 1 aliphatic carbocycles. The van der Waals surface area contributed by atoms with E-state index < -0.39 is 12.2 Å². The molecule has 1 rings (SSSR count). The summed E-state index contributed by atoms with van der Waals surface area (Å²) in [6.07, 6.45) is 4.19. The van der Waals surface area contributed by atoms with Gasteiger partial charge >= 0.3 is 0 Å². The minimum atomic E-state index is -0.458. The third kappa shape index (κ3) is 2.17. The number of hydrogen-bond donors (Lipinski definition) is 2. The van der Waals surface area contributed by atoms with E-state index in [1.54, 1.807) is 0 Å². The highest BCUT2D eigenvalue weighted by molar-refractivity contribution is 4.80. The topological polar surface area (TPSA) is 40.5 Å². The van der Waals surface area contributed by atoms with Crippen molar-refractivity contribution in [1.82, 2.24) is 0 Å². The van der Waals surface area contributed by atoms with Crippen molar-refractivity contribution in [3.63, 3.8) is 0 Å². The summed E-state index contributed by atoms with van der Waals surface area (Å²) in [6.45, 7) is 2.12. The predicted molar refractivity (Wildman–Crippen MR) is 44.3 cm³/mol. The van der Waals surface area contributed by atoms with Crippen LogP contribution in [0.1, 0.15) is 39.0 Å². The molecule has 0 aromatic rings. The van der Waals surface area contributed by atoms with Gasteiger partial charge in [0.2, 0.25) is 0 Å². The van der Waals surface area contributed by atoms with Crippen LogP contribution in [0.5, 0.6) is 0 Å². The minimum absolute atomic E-state index is 0.351. The van der Waals surface area contributed by atoms with E-state index in [2.05, 4.69) is 6.92 Å². The molecule has 0 aliphatic heterocycles. The van der Waals surface area contributed by atoms with E-state index in [1.807, 2.05) is 0 Å². The van der Waals surface area contributed by atoms with Gasteiger partial charge in [-0.25, -0.2) is 0 Å². The molecule has 66 valence electrons. The van der Waals surface area contributed by atoms with Gasteiger partial charge in [0.1, 0.15) is 0 Å². The van der Waals surface area contributed by atoms with Crippen molar-refractivity contribution in [2.45, 2.75) is 51.2 Å². The van der Waals surface area contributed by atoms with Gasteiger partial charge in [-0.05, 0) is 25.2 Å². The Bertz CT molecular complexity index is 112. The van der Waals surface area contributed by atoms with Gasteiger partial charge in [-0.3, -0.25) is 0 Å². The van der Waals surface area contributed by atoms with Crippen molar-refractivity contribution in [1.29, 1.82) is 0 Å². The molecule has 1 fully saturated rings. The average molecular weight is 158 g/mol. The van der Waals surface area contributed by atoms with Crippen LogP contribution in [0, 0.1) is 5.92 Å². The molecule has 3 unspecified atom stereocenters. The zero-order valence-corrected chi connectivity index (χ0v) is 7.16. The highest BCUT2D eigenvalue weighted by Gasteiger charge is 2.29. The molecular weight excluding hydrogens is 140 g/mol. The Balaban J connectivity index is 2.38. The van der Waals surface area contributed by atoms with Gasteiger partial charge in [-0.2, -0.15) is 0 Å². The monoisotopic (exact) mass is 158 g/mol. The van der Waals surface area contributed by atoms with Gasteiger partial charge in [0, 0.05) is 0 Å². The molecule has 1 saturated carbocycles. The summed E-state index contributed by atoms with van der Waals surface area (Å²) in [4.78, 5) is 0. The van der Waals surface area contributed by atoms with Crippen molar-refractivity contribution in [3.05, 3.63) is 0 Å². The molecule has 0 heterocycles. The second-order valence-electron chi connectivity index (χ2n) is 3.54. The molecule has 0 bridgehead atoms. The lowest BCUT2D eigenvalue weighted by Gasteiger charge is -2.31. The van der Waals surface area contributed by atoms with Crippen LogP contribution in [0.15, 0.2) is 0 Å². The van der Waals surface area contributed by atoms with Crippen molar-refractivity contribution >= 4 is 0 Å². The van der Waals surface area contributed by atoms with Gasteiger partial charge < -0.3 is 10.2 Å². The van der Waals surface area contributed by atoms with Crippen LogP contribution in [0.3, 0.4) is 0 Å². The first-order chi connectivity index (χ1) is 5.25. The molecule has 0 aromatic heterocycles. The predicted octanol–water partition coefficient (Wildman–Crippen LogP) is 1.31. The second kappa shape index (κ2) is 4.07. The molecule has 1 aliphatic rings. The summed E-state index contributed by atoms with van der Waals surface area (Å²) in [5.41, 5.74) is 0. The average Bonchev–Trinajstić information content (AvgIpc) is 1.99. The normalized spacial score (nSPS) is 39.0. The maximum atomic E-state index is 9.52. The zero-order chi connectivity index (χ0) is 8.27. The highest BCUT2D eigenvalue weighted by Crippen LogP contribution is 2.27. The highest BCUT2D eigenvalue weighted by atomic mass is 16.3. The van der Waals surface area contributed by atoms with Crippen LogP contribution in [-0.4, -0.2) is 22.4 Å². The number of hydrogen-bond acceptors (Lipinski definition) is 2. The Morgan fingerprint density at radius 3 is 2.64 bits per heavy atom. The van der Waals surface area contributed by atoms with E-state index in [0.29, 0.717) is 5.92 Å². The smallest absolute Gasteiger partial charge is 0.0827 e. The summed E-state index contributed by atoms with van der Waals surface area (Å²) in [6, 6.07) is 0. The lowest BCUT2D eigenvalue weighted by molar-refractivity contribution is -0.0468. The van der Waals surface area contributed by atoms with Crippen molar-refractivity contribution in [2.75, 3.05) is 0 Å². The molecule has 11 heavy (non-hydrogen) atoms. The van der Waals surface area contributed by atoms with E-state index in [0.717, 1.165) is 32.1 Å². The SMILES string of the molecule is CCCC1CCCC(O)C1O. The second-order valence-corrected chi connectivity index (χ2v) is 3.54. The van der Waals surface area contributed by atoms with Gasteiger partial charge in [0.05, 0.1) is 12.2 Å². The molecule has 0 spiro atoms. The summed E-state index contributed by atoms with van der Waals surface area (Å²) < 4.78 is 0. The van der Waals surface area contributed by atoms with Gasteiger partial charge in [-0.15, -0.1) is 0 Å². The van der Waals surface area contributed by atoms with Gasteiger partial charge in [-0.1, -0.05) is 19.8 Å². The third-order valence-electron chi connectivity index (χ3n) is 2.61. The lowest BCUT2D eigenvalue weighted by atomic mass is 9.82. The van der Waals surface area contributed by atoms with E-state index in [-0.39, 0.29) is 0 Å². The first kappa shape index (κ1) is 9.01. The summed E-state index contributed by atoms with van der Waals surface area (Å²) >= 11 is 0. The minimum Gasteiger partial charge on any atom is -0.390 e. The Kier molecular flexibility index (Phi) is 3.34. The van der Waals surface area contributed by atoms with Crippen LogP contribution >= 0.6 is 0 Å². The molecule has 2 nitrogen and oxygen atoms in total. The fourth-order valence-electron chi connectivity index (χ4n) is 1.93. The molecule has 0 amide bonds. The fraction of sp³-hybridized carbons (Fsp3) is 1.00. The number of aliphatic hydroxyl groups excluding tert-OH is 2. The number of aliphatic hydroxyl groups is 2. The molecule has 0 radical (unpaired) electrons. The maximum Gasteiger partial charge on any atom is 0.0827 e. The summed E-state index contributed by atoms with van der Waals surface area (Å²) in [5, 5.41) is 18.8. The fourth-order valence-corrected chi connectivity index (χ4v) is 1.93. The van der Waals surface area contributed by atoms with Crippen molar-refractivity contribution in [3.8, 4) is 0 Å². The van der Waals surface area contributed by atoms with Crippen LogP contribution in [-0.2, 0) is 0 Å². The molecule has 3 atom stereocenters. The summed E-state index contributed by atoms with van der Waals surface area (Å²) in [5.74, 6) is 0.351. The Labute approximate surface area is 68.2 Å². The maximum absolute atomic E-state index is 9.52. The Morgan fingerprint density at radius 1 is 1.27 bits per heavy atom. The number of rotatable bonds is 2. The van der Waals surface area contributed by atoms with Crippen molar-refractivity contribution < 1.29 is 10.2 Å². The van der Waals surface area contributed by atoms with Crippen LogP contribution in [0.25, 0.3) is 0 Å². The summed E-state index contributed by atoms with van der Waals surface area (Å²) in [7, 11) is 0. The molecule has 2 N–H and O–H groups in total. The molecular formula is C9H18O2. The lowest BCUT2D eigenvalue weighted by Crippen LogP contribution is -2.37. The van der Waals surface area contributed by atoms with Gasteiger partial charge in [0.15, 0.2) is 0 Å². The van der Waals surface area contributed by atoms with E-state index in [4.69, 9.17) is 0 Å². The van der Waals surface area contributed by atoms with Crippen molar-refractivity contribution in [2.24, 2.45) is 5.92 Å². The van der Waals surface area contributed by atoms with E-state index in [1.165, 1.54) is 0 Å². The van der Waals surface area contributed by atoms with Crippen LogP contribution in [0.2, 0.25) is 0 Å². The molecule has 0 saturated heterocycles. The van der Waals surface area contributed by atoms with E-state index >= 15 is 0 Å². The Morgan fingerprint density at radius 2 is 2.00 bits per heavy atom. The largest absolute Gasteiger partial charge is 0.390 e. The van der Waals surface area contributed by atoms with Gasteiger partial charge in [0.25, 0.3) is 0 Å². The van der Waals surface area contributed by atoms with E-state index in [9.17, 15) is 10.2 Å². The first-order valence-electron chi connectivity index (χ1n) is 4.61. The molecule has 2 heteroatoms. The standard InChI is InChI=1S/C9H18O2/c1-2-4-7-5-3-6-8(10)9(7)11/h7-11H,2-6H2,1H3. The van der Waals surface area contributed by atoms with Crippen LogP contribution < -0.4 is 0 Å².